The van der Waals surface area contributed by atoms with Gasteiger partial charge in [0.15, 0.2) is 0 Å². The normalized spacial score (nSPS) is 17.7. The lowest BCUT2D eigenvalue weighted by molar-refractivity contribution is -0.0931. The molecular weight excluding hydrogens is 334 g/mol. The van der Waals surface area contributed by atoms with Gasteiger partial charge in [0.05, 0.1) is 50.1 Å². The highest BCUT2D eigenvalue weighted by Crippen LogP contribution is 2.26. The van der Waals surface area contributed by atoms with Crippen LogP contribution >= 0.6 is 0 Å². The number of aliphatic hydroxyl groups excluding tert-OH is 1. The van der Waals surface area contributed by atoms with Crippen molar-refractivity contribution < 1.29 is 14.6 Å². The average molecular weight is 355 g/mol. The number of nitrogens with one attached hydrogen (secondary N) is 1. The maximum absolute atomic E-state index is 11.7. The van der Waals surface area contributed by atoms with Crippen molar-refractivity contribution in [3.8, 4) is 11.4 Å². The van der Waals surface area contributed by atoms with E-state index >= 15 is 0 Å². The molecule has 1 aliphatic heterocycles. The molecule has 3 heterocycles. The Morgan fingerprint density at radius 2 is 2.23 bits per heavy atom. The van der Waals surface area contributed by atoms with E-state index in [1.165, 1.54) is 0 Å². The second-order valence-electron chi connectivity index (χ2n) is 6.50. The summed E-state index contributed by atoms with van der Waals surface area (Å²) in [6.45, 7) is 4.08. The maximum Gasteiger partial charge on any atom is 0.250 e. The minimum absolute atomic E-state index is 0.0323. The monoisotopic (exact) mass is 355 g/mol. The number of aromatic amines is 1. The largest absolute Gasteiger partial charge is 0.392 e. The minimum Gasteiger partial charge on any atom is -0.392 e. The van der Waals surface area contributed by atoms with E-state index in [0.29, 0.717) is 31.9 Å². The molecule has 3 aromatic rings. The number of aryl methyl sites for hydroxylation is 1. The van der Waals surface area contributed by atoms with Gasteiger partial charge in [0.1, 0.15) is 5.82 Å². The molecule has 0 aliphatic carbocycles. The number of fused-ring (bicyclic) bond motifs is 1. The first-order chi connectivity index (χ1) is 12.7. The molecule has 136 valence electrons. The molecule has 0 spiro atoms. The number of imidazole rings is 1. The Labute approximate surface area is 150 Å². The molecular formula is C19H21N3O4. The Morgan fingerprint density at radius 1 is 1.35 bits per heavy atom. The molecule has 0 saturated carbocycles. The summed E-state index contributed by atoms with van der Waals surface area (Å²) < 4.78 is 13.4. The summed E-state index contributed by atoms with van der Waals surface area (Å²) in [5.41, 5.74) is 3.92. The third kappa shape index (κ3) is 3.16. The second-order valence-corrected chi connectivity index (χ2v) is 6.50. The van der Waals surface area contributed by atoms with E-state index in [9.17, 15) is 9.90 Å². The molecule has 1 fully saturated rings. The standard InChI is InChI=1S/C19H21N3O4/c1-12-6-14(8-20-19(12)24)18-21-16-7-13(10-23)2-3-17(16)22(18)9-15-11-25-4-5-26-15/h2-3,6-8,15,23H,4-5,9-11H2,1H3,(H,20,24). The van der Waals surface area contributed by atoms with Gasteiger partial charge in [-0.25, -0.2) is 4.98 Å². The van der Waals surface area contributed by atoms with Crippen molar-refractivity contribution in [3.63, 3.8) is 0 Å². The van der Waals surface area contributed by atoms with Crippen LogP contribution in [0.4, 0.5) is 0 Å². The van der Waals surface area contributed by atoms with E-state index in [1.54, 1.807) is 13.1 Å². The number of H-pyrrole nitrogens is 1. The molecule has 1 unspecified atom stereocenters. The predicted molar refractivity (Wildman–Crippen MR) is 97.0 cm³/mol. The summed E-state index contributed by atoms with van der Waals surface area (Å²) in [4.78, 5) is 19.2. The lowest BCUT2D eigenvalue weighted by atomic mass is 10.2. The Kier molecular flexibility index (Phi) is 4.58. The number of hydrogen-bond donors (Lipinski definition) is 2. The van der Waals surface area contributed by atoms with Gasteiger partial charge in [-0.3, -0.25) is 4.79 Å². The van der Waals surface area contributed by atoms with E-state index in [2.05, 4.69) is 9.55 Å². The highest BCUT2D eigenvalue weighted by Gasteiger charge is 2.20. The minimum atomic E-state index is -0.108. The van der Waals surface area contributed by atoms with Crippen LogP contribution in [0.25, 0.3) is 22.4 Å². The molecule has 26 heavy (non-hydrogen) atoms. The van der Waals surface area contributed by atoms with Crippen LogP contribution in [0.3, 0.4) is 0 Å². The molecule has 0 bridgehead atoms. The molecule has 1 aromatic carbocycles. The first-order valence-electron chi connectivity index (χ1n) is 8.65. The lowest BCUT2D eigenvalue weighted by Gasteiger charge is -2.24. The van der Waals surface area contributed by atoms with Crippen LogP contribution in [-0.2, 0) is 22.6 Å². The molecule has 7 heteroatoms. The third-order valence-corrected chi connectivity index (χ3v) is 4.61. The Morgan fingerprint density at radius 3 is 2.96 bits per heavy atom. The number of pyridine rings is 1. The van der Waals surface area contributed by atoms with Crippen LogP contribution in [0.5, 0.6) is 0 Å². The van der Waals surface area contributed by atoms with E-state index in [-0.39, 0.29) is 18.3 Å². The number of rotatable bonds is 4. The summed E-state index contributed by atoms with van der Waals surface area (Å²) in [6.07, 6.45) is 1.62. The van der Waals surface area contributed by atoms with Gasteiger partial charge in [0.2, 0.25) is 0 Å². The average Bonchev–Trinajstić information content (AvgIpc) is 3.02. The van der Waals surface area contributed by atoms with Crippen molar-refractivity contribution in [1.82, 2.24) is 14.5 Å². The fourth-order valence-electron chi connectivity index (χ4n) is 3.25. The number of hydrogen-bond acceptors (Lipinski definition) is 5. The van der Waals surface area contributed by atoms with Gasteiger partial charge >= 0.3 is 0 Å². The van der Waals surface area contributed by atoms with Crippen molar-refractivity contribution in [2.24, 2.45) is 0 Å². The molecule has 2 aromatic heterocycles. The van der Waals surface area contributed by atoms with Gasteiger partial charge < -0.3 is 24.1 Å². The molecule has 1 atom stereocenters. The number of benzene rings is 1. The first kappa shape index (κ1) is 17.0. The van der Waals surface area contributed by atoms with Gasteiger partial charge in [0.25, 0.3) is 5.56 Å². The smallest absolute Gasteiger partial charge is 0.250 e. The molecule has 0 amide bonds. The van der Waals surface area contributed by atoms with Crippen LogP contribution in [0.2, 0.25) is 0 Å². The van der Waals surface area contributed by atoms with Crippen molar-refractivity contribution in [1.29, 1.82) is 0 Å². The van der Waals surface area contributed by atoms with E-state index in [1.807, 2.05) is 24.3 Å². The number of nitrogens with zero attached hydrogens (tertiary/aromatic N) is 2. The third-order valence-electron chi connectivity index (χ3n) is 4.61. The van der Waals surface area contributed by atoms with Crippen LogP contribution < -0.4 is 5.56 Å². The summed E-state index contributed by atoms with van der Waals surface area (Å²) in [5.74, 6) is 0.753. The summed E-state index contributed by atoms with van der Waals surface area (Å²) in [7, 11) is 0. The SMILES string of the molecule is Cc1cc(-c2nc3cc(CO)ccc3n2CC2COCCO2)c[nH]c1=O. The van der Waals surface area contributed by atoms with Gasteiger partial charge in [-0.2, -0.15) is 0 Å². The number of aliphatic hydroxyl groups is 1. The topological polar surface area (TPSA) is 89.4 Å². The Balaban J connectivity index is 1.84. The predicted octanol–water partition coefficient (Wildman–Crippen LogP) is 1.61. The van der Waals surface area contributed by atoms with Gasteiger partial charge in [0, 0.05) is 17.3 Å². The number of aromatic nitrogens is 3. The van der Waals surface area contributed by atoms with E-state index in [0.717, 1.165) is 28.0 Å². The molecule has 1 aliphatic rings. The maximum atomic E-state index is 11.7. The Hall–Kier alpha value is -2.48. The molecule has 4 rings (SSSR count). The second kappa shape index (κ2) is 7.03. The zero-order chi connectivity index (χ0) is 18.1. The number of ether oxygens (including phenoxy) is 2. The van der Waals surface area contributed by atoms with Gasteiger partial charge in [-0.15, -0.1) is 0 Å². The van der Waals surface area contributed by atoms with Crippen LogP contribution in [0.15, 0.2) is 35.3 Å². The summed E-state index contributed by atoms with van der Waals surface area (Å²) in [5, 5.41) is 9.41. The van der Waals surface area contributed by atoms with E-state index in [4.69, 9.17) is 14.5 Å². The zero-order valence-corrected chi connectivity index (χ0v) is 14.6. The molecule has 2 N–H and O–H groups in total. The fourth-order valence-corrected chi connectivity index (χ4v) is 3.25. The molecule has 1 saturated heterocycles. The van der Waals surface area contributed by atoms with Crippen molar-refractivity contribution in [2.75, 3.05) is 19.8 Å². The van der Waals surface area contributed by atoms with Crippen molar-refractivity contribution >= 4 is 11.0 Å². The highest BCUT2D eigenvalue weighted by molar-refractivity contribution is 5.81. The quantitative estimate of drug-likeness (QED) is 0.742. The van der Waals surface area contributed by atoms with Crippen LogP contribution in [0.1, 0.15) is 11.1 Å². The van der Waals surface area contributed by atoms with Gasteiger partial charge in [-0.05, 0) is 30.7 Å². The summed E-state index contributed by atoms with van der Waals surface area (Å²) >= 11 is 0. The van der Waals surface area contributed by atoms with Gasteiger partial charge in [-0.1, -0.05) is 6.07 Å². The van der Waals surface area contributed by atoms with Crippen molar-refractivity contribution in [2.45, 2.75) is 26.2 Å². The summed E-state index contributed by atoms with van der Waals surface area (Å²) in [6, 6.07) is 7.56. The molecule has 7 nitrogen and oxygen atoms in total. The lowest BCUT2D eigenvalue weighted by Crippen LogP contribution is -2.32. The first-order valence-corrected chi connectivity index (χ1v) is 8.65. The zero-order valence-electron chi connectivity index (χ0n) is 14.6. The molecule has 0 radical (unpaired) electrons. The fraction of sp³-hybridized carbons (Fsp3) is 0.368. The van der Waals surface area contributed by atoms with E-state index < -0.39 is 0 Å². The Bertz CT molecular complexity index is 986. The van der Waals surface area contributed by atoms with Crippen LogP contribution in [0, 0.1) is 6.92 Å². The highest BCUT2D eigenvalue weighted by atomic mass is 16.6. The van der Waals surface area contributed by atoms with Crippen LogP contribution in [-0.4, -0.2) is 45.6 Å². The van der Waals surface area contributed by atoms with Crippen molar-refractivity contribution in [3.05, 3.63) is 51.9 Å².